The fourth-order valence-corrected chi connectivity index (χ4v) is 1.66. The van der Waals surface area contributed by atoms with Crippen LogP contribution < -0.4 is 5.73 Å². The highest BCUT2D eigenvalue weighted by Crippen LogP contribution is 2.07. The second-order valence-corrected chi connectivity index (χ2v) is 4.35. The lowest BCUT2D eigenvalue weighted by Crippen LogP contribution is -1.96. The van der Waals surface area contributed by atoms with Gasteiger partial charge in [0, 0.05) is 12.0 Å². The number of rotatable bonds is 6. The van der Waals surface area contributed by atoms with Crippen LogP contribution in [0.15, 0.2) is 24.3 Å². The van der Waals surface area contributed by atoms with Crippen LogP contribution in [0.3, 0.4) is 0 Å². The minimum absolute atomic E-state index is 0.772. The summed E-state index contributed by atoms with van der Waals surface area (Å²) < 4.78 is 0. The van der Waals surface area contributed by atoms with Gasteiger partial charge < -0.3 is 5.73 Å². The summed E-state index contributed by atoms with van der Waals surface area (Å²) in [4.78, 5) is 0. The standard InChI is InChI=1S/C16H23N/c1-2-3-8-15-10-12-16(13-11-15)9-6-4-5-7-14-17/h10-13H,2-5,7-8,14,17H2,1H3. The van der Waals surface area contributed by atoms with Crippen molar-refractivity contribution in [3.05, 3.63) is 35.4 Å². The molecule has 1 nitrogen and oxygen atoms in total. The smallest absolute Gasteiger partial charge is 0.0245 e. The van der Waals surface area contributed by atoms with Crippen molar-refractivity contribution in [3.8, 4) is 11.8 Å². The normalized spacial score (nSPS) is 9.76. The van der Waals surface area contributed by atoms with Crippen molar-refractivity contribution in [2.45, 2.75) is 45.4 Å². The van der Waals surface area contributed by atoms with Crippen LogP contribution in [0.25, 0.3) is 0 Å². The quantitative estimate of drug-likeness (QED) is 0.586. The first-order valence-corrected chi connectivity index (χ1v) is 6.64. The predicted octanol–water partition coefficient (Wildman–Crippen LogP) is 3.51. The Hall–Kier alpha value is -1.26. The molecule has 0 amide bonds. The van der Waals surface area contributed by atoms with Gasteiger partial charge in [-0.25, -0.2) is 0 Å². The summed E-state index contributed by atoms with van der Waals surface area (Å²) in [7, 11) is 0. The predicted molar refractivity (Wildman–Crippen MR) is 74.8 cm³/mol. The van der Waals surface area contributed by atoms with Gasteiger partial charge in [-0.1, -0.05) is 37.3 Å². The highest BCUT2D eigenvalue weighted by Gasteiger charge is 1.92. The van der Waals surface area contributed by atoms with Crippen molar-refractivity contribution in [1.82, 2.24) is 0 Å². The molecule has 1 heteroatoms. The van der Waals surface area contributed by atoms with Gasteiger partial charge in [0.25, 0.3) is 0 Å². The SMILES string of the molecule is CCCCc1ccc(C#CCCCCN)cc1. The molecule has 0 aromatic heterocycles. The molecule has 0 saturated heterocycles. The fraction of sp³-hybridized carbons (Fsp3) is 0.500. The van der Waals surface area contributed by atoms with Crippen LogP contribution in [-0.4, -0.2) is 6.54 Å². The van der Waals surface area contributed by atoms with Crippen molar-refractivity contribution < 1.29 is 0 Å². The summed E-state index contributed by atoms with van der Waals surface area (Å²) in [6, 6.07) is 8.64. The van der Waals surface area contributed by atoms with Gasteiger partial charge in [-0.2, -0.15) is 0 Å². The Morgan fingerprint density at radius 1 is 1.06 bits per heavy atom. The molecular weight excluding hydrogens is 206 g/mol. The molecular formula is C16H23N. The zero-order chi connectivity index (χ0) is 12.3. The first kappa shape index (κ1) is 13.8. The third kappa shape index (κ3) is 6.14. The maximum Gasteiger partial charge on any atom is 0.0245 e. The molecule has 0 aliphatic carbocycles. The molecule has 0 aliphatic rings. The van der Waals surface area contributed by atoms with E-state index >= 15 is 0 Å². The number of benzene rings is 1. The van der Waals surface area contributed by atoms with E-state index < -0.39 is 0 Å². The molecule has 0 spiro atoms. The molecule has 0 radical (unpaired) electrons. The van der Waals surface area contributed by atoms with Gasteiger partial charge in [-0.3, -0.25) is 0 Å². The molecule has 0 fully saturated rings. The highest BCUT2D eigenvalue weighted by molar-refractivity contribution is 5.36. The Balaban J connectivity index is 2.39. The van der Waals surface area contributed by atoms with Gasteiger partial charge in [0.2, 0.25) is 0 Å². The van der Waals surface area contributed by atoms with Gasteiger partial charge in [-0.05, 0) is 49.9 Å². The lowest BCUT2D eigenvalue weighted by molar-refractivity contribution is 0.768. The number of unbranched alkanes of at least 4 members (excludes halogenated alkanes) is 3. The van der Waals surface area contributed by atoms with Gasteiger partial charge in [-0.15, -0.1) is 0 Å². The molecule has 0 aliphatic heterocycles. The first-order chi connectivity index (χ1) is 8.36. The maximum atomic E-state index is 5.43. The summed E-state index contributed by atoms with van der Waals surface area (Å²) in [6.07, 6.45) is 6.84. The molecule has 1 aromatic carbocycles. The van der Waals surface area contributed by atoms with Crippen molar-refractivity contribution >= 4 is 0 Å². The average molecular weight is 229 g/mol. The van der Waals surface area contributed by atoms with Crippen LogP contribution in [0.1, 0.15) is 50.2 Å². The van der Waals surface area contributed by atoms with E-state index in [4.69, 9.17) is 5.73 Å². The van der Waals surface area contributed by atoms with Crippen LogP contribution in [0.5, 0.6) is 0 Å². The van der Waals surface area contributed by atoms with Crippen LogP contribution in [0.2, 0.25) is 0 Å². The van der Waals surface area contributed by atoms with Gasteiger partial charge >= 0.3 is 0 Å². The third-order valence-electron chi connectivity index (χ3n) is 2.76. The lowest BCUT2D eigenvalue weighted by Gasteiger charge is -1.99. The summed E-state index contributed by atoms with van der Waals surface area (Å²) in [6.45, 7) is 3.00. The van der Waals surface area contributed by atoms with E-state index in [0.717, 1.165) is 31.4 Å². The van der Waals surface area contributed by atoms with E-state index in [0.29, 0.717) is 0 Å². The number of hydrogen-bond acceptors (Lipinski definition) is 1. The molecule has 2 N–H and O–H groups in total. The minimum Gasteiger partial charge on any atom is -0.330 e. The second-order valence-electron chi connectivity index (χ2n) is 4.35. The summed E-state index contributed by atoms with van der Waals surface area (Å²) in [5.74, 6) is 6.39. The van der Waals surface area contributed by atoms with E-state index in [1.807, 2.05) is 0 Å². The molecule has 0 saturated carbocycles. The summed E-state index contributed by atoms with van der Waals surface area (Å²) >= 11 is 0. The molecule has 1 aromatic rings. The van der Waals surface area contributed by atoms with Crippen LogP contribution in [0.4, 0.5) is 0 Å². The number of aryl methyl sites for hydroxylation is 1. The highest BCUT2D eigenvalue weighted by atomic mass is 14.5. The Labute approximate surface area is 105 Å². The van der Waals surface area contributed by atoms with E-state index in [2.05, 4.69) is 43.0 Å². The Morgan fingerprint density at radius 2 is 1.82 bits per heavy atom. The van der Waals surface area contributed by atoms with Crippen molar-refractivity contribution in [3.63, 3.8) is 0 Å². The molecule has 0 atom stereocenters. The number of nitrogens with two attached hydrogens (primary N) is 1. The van der Waals surface area contributed by atoms with Crippen LogP contribution >= 0.6 is 0 Å². The lowest BCUT2D eigenvalue weighted by atomic mass is 10.1. The molecule has 92 valence electrons. The largest absolute Gasteiger partial charge is 0.330 e. The van der Waals surface area contributed by atoms with Crippen molar-refractivity contribution in [2.75, 3.05) is 6.54 Å². The molecule has 17 heavy (non-hydrogen) atoms. The maximum absolute atomic E-state index is 5.43. The van der Waals surface area contributed by atoms with Crippen molar-refractivity contribution in [1.29, 1.82) is 0 Å². The van der Waals surface area contributed by atoms with E-state index in [1.165, 1.54) is 24.8 Å². The van der Waals surface area contributed by atoms with E-state index in [-0.39, 0.29) is 0 Å². The molecule has 0 heterocycles. The van der Waals surface area contributed by atoms with Crippen LogP contribution in [-0.2, 0) is 6.42 Å². The number of hydrogen-bond donors (Lipinski definition) is 1. The zero-order valence-electron chi connectivity index (χ0n) is 10.8. The fourth-order valence-electron chi connectivity index (χ4n) is 1.66. The topological polar surface area (TPSA) is 26.0 Å². The summed E-state index contributed by atoms with van der Waals surface area (Å²) in [5, 5.41) is 0. The van der Waals surface area contributed by atoms with Gasteiger partial charge in [0.15, 0.2) is 0 Å². The van der Waals surface area contributed by atoms with Crippen molar-refractivity contribution in [2.24, 2.45) is 5.73 Å². The Bertz CT molecular complexity index is 353. The van der Waals surface area contributed by atoms with Gasteiger partial charge in [0.05, 0.1) is 0 Å². The minimum atomic E-state index is 0.772. The monoisotopic (exact) mass is 229 g/mol. The van der Waals surface area contributed by atoms with Gasteiger partial charge in [0.1, 0.15) is 0 Å². The third-order valence-corrected chi connectivity index (χ3v) is 2.76. The molecule has 1 rings (SSSR count). The molecule has 0 bridgehead atoms. The molecule has 0 unspecified atom stereocenters. The Morgan fingerprint density at radius 3 is 2.47 bits per heavy atom. The first-order valence-electron chi connectivity index (χ1n) is 6.64. The Kier molecular flexibility index (Phi) is 7.18. The van der Waals surface area contributed by atoms with E-state index in [9.17, 15) is 0 Å². The summed E-state index contributed by atoms with van der Waals surface area (Å²) in [5.41, 5.74) is 7.97. The second kappa shape index (κ2) is 8.84. The zero-order valence-corrected chi connectivity index (χ0v) is 10.8. The van der Waals surface area contributed by atoms with E-state index in [1.54, 1.807) is 0 Å². The van der Waals surface area contributed by atoms with Crippen LogP contribution in [0, 0.1) is 11.8 Å². The average Bonchev–Trinajstić information content (AvgIpc) is 2.37.